The quantitative estimate of drug-likeness (QED) is 0.581. The molecule has 96 valence electrons. The van der Waals surface area contributed by atoms with Gasteiger partial charge >= 0.3 is 0 Å². The van der Waals surface area contributed by atoms with Gasteiger partial charge in [0.1, 0.15) is 0 Å². The molecule has 2 unspecified atom stereocenters. The lowest BCUT2D eigenvalue weighted by molar-refractivity contribution is 0.116. The van der Waals surface area contributed by atoms with Crippen LogP contribution in [0.2, 0.25) is 0 Å². The fourth-order valence-electron chi connectivity index (χ4n) is 2.48. The van der Waals surface area contributed by atoms with E-state index in [2.05, 4.69) is 12.2 Å². The van der Waals surface area contributed by atoms with Crippen LogP contribution in [0, 0.1) is 5.92 Å². The number of hydrogen-bond donors (Lipinski definition) is 3. The van der Waals surface area contributed by atoms with Gasteiger partial charge in [0, 0.05) is 6.04 Å². The summed E-state index contributed by atoms with van der Waals surface area (Å²) in [6.07, 6.45) is 7.53. The van der Waals surface area contributed by atoms with Crippen LogP contribution in [0.4, 0.5) is 0 Å². The molecular formula is C13H28N2O. The van der Waals surface area contributed by atoms with Crippen molar-refractivity contribution in [1.82, 2.24) is 5.32 Å². The van der Waals surface area contributed by atoms with E-state index >= 15 is 0 Å². The Morgan fingerprint density at radius 2 is 2.00 bits per heavy atom. The topological polar surface area (TPSA) is 58.3 Å². The molecule has 1 saturated heterocycles. The molecule has 1 aliphatic heterocycles. The van der Waals surface area contributed by atoms with Crippen LogP contribution >= 0.6 is 0 Å². The lowest BCUT2D eigenvalue weighted by atomic mass is 9.88. The first kappa shape index (κ1) is 13.9. The van der Waals surface area contributed by atoms with Crippen LogP contribution < -0.4 is 11.1 Å². The van der Waals surface area contributed by atoms with Crippen LogP contribution in [0.3, 0.4) is 0 Å². The molecule has 0 radical (unpaired) electrons. The Morgan fingerprint density at radius 1 is 1.31 bits per heavy atom. The Morgan fingerprint density at radius 3 is 2.62 bits per heavy atom. The summed E-state index contributed by atoms with van der Waals surface area (Å²) < 4.78 is 0. The first-order valence-electron chi connectivity index (χ1n) is 6.88. The molecular weight excluding hydrogens is 200 g/mol. The number of aliphatic hydroxyl groups is 1. The molecule has 1 aliphatic rings. The highest BCUT2D eigenvalue weighted by Gasteiger charge is 2.20. The number of nitrogens with one attached hydrogen (secondary N) is 1. The predicted molar refractivity (Wildman–Crippen MR) is 68.3 cm³/mol. The molecule has 0 aliphatic carbocycles. The van der Waals surface area contributed by atoms with E-state index in [1.165, 1.54) is 25.7 Å². The van der Waals surface area contributed by atoms with Crippen LogP contribution in [0.1, 0.15) is 51.9 Å². The molecule has 0 aromatic carbocycles. The summed E-state index contributed by atoms with van der Waals surface area (Å²) in [4.78, 5) is 0. The molecule has 4 N–H and O–H groups in total. The summed E-state index contributed by atoms with van der Waals surface area (Å²) in [6, 6.07) is -0.0139. The fourth-order valence-corrected chi connectivity index (χ4v) is 2.48. The van der Waals surface area contributed by atoms with Crippen molar-refractivity contribution >= 4 is 0 Å². The molecule has 16 heavy (non-hydrogen) atoms. The van der Waals surface area contributed by atoms with Crippen molar-refractivity contribution in [1.29, 1.82) is 0 Å². The van der Waals surface area contributed by atoms with Gasteiger partial charge < -0.3 is 16.2 Å². The van der Waals surface area contributed by atoms with Gasteiger partial charge in [-0.25, -0.2) is 0 Å². The van der Waals surface area contributed by atoms with E-state index < -0.39 is 0 Å². The van der Waals surface area contributed by atoms with Crippen molar-refractivity contribution in [2.75, 3.05) is 13.1 Å². The monoisotopic (exact) mass is 228 g/mol. The van der Waals surface area contributed by atoms with E-state index in [0.29, 0.717) is 0 Å². The third-order valence-electron chi connectivity index (χ3n) is 3.66. The molecule has 3 heteroatoms. The number of aliphatic hydroxyl groups excluding tert-OH is 1. The SMILES string of the molecule is CCCCCC(O)C(N)CC1CCNCC1. The number of unbranched alkanes of at least 4 members (excludes halogenated alkanes) is 2. The second-order valence-corrected chi connectivity index (χ2v) is 5.16. The zero-order chi connectivity index (χ0) is 11.8. The molecule has 0 amide bonds. The molecule has 1 heterocycles. The summed E-state index contributed by atoms with van der Waals surface area (Å²) in [5, 5.41) is 13.3. The first-order valence-corrected chi connectivity index (χ1v) is 6.88. The standard InChI is InChI=1S/C13H28N2O/c1-2-3-4-5-13(16)12(14)10-11-6-8-15-9-7-11/h11-13,15-16H,2-10,14H2,1H3. The summed E-state index contributed by atoms with van der Waals surface area (Å²) in [5.74, 6) is 0.720. The maximum Gasteiger partial charge on any atom is 0.0691 e. The number of rotatable bonds is 7. The second-order valence-electron chi connectivity index (χ2n) is 5.16. The van der Waals surface area contributed by atoms with Crippen LogP contribution in [0.25, 0.3) is 0 Å². The van der Waals surface area contributed by atoms with E-state index in [1.54, 1.807) is 0 Å². The lowest BCUT2D eigenvalue weighted by Crippen LogP contribution is -2.39. The van der Waals surface area contributed by atoms with Crippen molar-refractivity contribution < 1.29 is 5.11 Å². The van der Waals surface area contributed by atoms with Crippen LogP contribution in [-0.2, 0) is 0 Å². The van der Waals surface area contributed by atoms with E-state index in [9.17, 15) is 5.11 Å². The van der Waals surface area contributed by atoms with Gasteiger partial charge in [-0.2, -0.15) is 0 Å². The average molecular weight is 228 g/mol. The third-order valence-corrected chi connectivity index (χ3v) is 3.66. The van der Waals surface area contributed by atoms with E-state index in [4.69, 9.17) is 5.73 Å². The van der Waals surface area contributed by atoms with Gasteiger partial charge in [-0.3, -0.25) is 0 Å². The molecule has 0 aromatic rings. The van der Waals surface area contributed by atoms with Crippen molar-refractivity contribution in [2.45, 2.75) is 64.0 Å². The molecule has 1 fully saturated rings. The van der Waals surface area contributed by atoms with Gasteiger partial charge in [0.25, 0.3) is 0 Å². The first-order chi connectivity index (χ1) is 7.74. The highest BCUT2D eigenvalue weighted by Crippen LogP contribution is 2.19. The lowest BCUT2D eigenvalue weighted by Gasteiger charge is -2.27. The summed E-state index contributed by atoms with van der Waals surface area (Å²) in [6.45, 7) is 4.41. The van der Waals surface area contributed by atoms with E-state index in [0.717, 1.165) is 38.3 Å². The Kier molecular flexibility index (Phi) is 7.01. The minimum atomic E-state index is -0.290. The molecule has 0 spiro atoms. The number of piperidine rings is 1. The Labute approximate surface area is 99.8 Å². The summed E-state index contributed by atoms with van der Waals surface area (Å²) >= 11 is 0. The van der Waals surface area contributed by atoms with Gasteiger partial charge in [-0.15, -0.1) is 0 Å². The van der Waals surface area contributed by atoms with E-state index in [1.807, 2.05) is 0 Å². The normalized spacial score (nSPS) is 21.9. The fraction of sp³-hybridized carbons (Fsp3) is 1.00. The number of hydrogen-bond acceptors (Lipinski definition) is 3. The Balaban J connectivity index is 2.14. The molecule has 0 aromatic heterocycles. The van der Waals surface area contributed by atoms with Gasteiger partial charge in [-0.05, 0) is 44.7 Å². The predicted octanol–water partition coefficient (Wildman–Crippen LogP) is 1.64. The highest BCUT2D eigenvalue weighted by molar-refractivity contribution is 4.78. The van der Waals surface area contributed by atoms with Crippen molar-refractivity contribution in [3.8, 4) is 0 Å². The van der Waals surface area contributed by atoms with Crippen molar-refractivity contribution in [3.63, 3.8) is 0 Å². The minimum absolute atomic E-state index is 0.0139. The maximum atomic E-state index is 9.93. The third kappa shape index (κ3) is 5.28. The van der Waals surface area contributed by atoms with Gasteiger partial charge in [0.2, 0.25) is 0 Å². The zero-order valence-electron chi connectivity index (χ0n) is 10.6. The summed E-state index contributed by atoms with van der Waals surface area (Å²) in [7, 11) is 0. The van der Waals surface area contributed by atoms with Crippen LogP contribution in [-0.4, -0.2) is 30.3 Å². The minimum Gasteiger partial charge on any atom is -0.392 e. The molecule has 1 rings (SSSR count). The smallest absolute Gasteiger partial charge is 0.0691 e. The van der Waals surface area contributed by atoms with Gasteiger partial charge in [0.05, 0.1) is 6.10 Å². The van der Waals surface area contributed by atoms with Gasteiger partial charge in [0.15, 0.2) is 0 Å². The van der Waals surface area contributed by atoms with Gasteiger partial charge in [-0.1, -0.05) is 26.2 Å². The molecule has 0 saturated carbocycles. The van der Waals surface area contributed by atoms with Crippen molar-refractivity contribution in [3.05, 3.63) is 0 Å². The second kappa shape index (κ2) is 8.04. The Hall–Kier alpha value is -0.120. The number of nitrogens with two attached hydrogens (primary N) is 1. The highest BCUT2D eigenvalue weighted by atomic mass is 16.3. The van der Waals surface area contributed by atoms with Crippen LogP contribution in [0.15, 0.2) is 0 Å². The van der Waals surface area contributed by atoms with E-state index in [-0.39, 0.29) is 12.1 Å². The average Bonchev–Trinajstić information content (AvgIpc) is 2.30. The Bertz CT molecular complexity index is 169. The molecule has 0 bridgehead atoms. The molecule has 2 atom stereocenters. The summed E-state index contributed by atoms with van der Waals surface area (Å²) in [5.41, 5.74) is 6.06. The largest absolute Gasteiger partial charge is 0.392 e. The maximum absolute atomic E-state index is 9.93. The zero-order valence-corrected chi connectivity index (χ0v) is 10.6. The molecule has 3 nitrogen and oxygen atoms in total. The van der Waals surface area contributed by atoms with Crippen LogP contribution in [0.5, 0.6) is 0 Å². The van der Waals surface area contributed by atoms with Crippen molar-refractivity contribution in [2.24, 2.45) is 11.7 Å².